The quantitative estimate of drug-likeness (QED) is 0.268. The largest absolute Gasteiger partial charge is 0.335 e. The molecule has 2 aromatic carbocycles. The number of aromatic nitrogens is 1. The van der Waals surface area contributed by atoms with Crippen molar-refractivity contribution in [1.29, 1.82) is 0 Å². The van der Waals surface area contributed by atoms with Crippen molar-refractivity contribution >= 4 is 63.8 Å². The molecule has 0 bridgehead atoms. The van der Waals surface area contributed by atoms with E-state index >= 15 is 0 Å². The summed E-state index contributed by atoms with van der Waals surface area (Å²) in [5.74, 6) is -1.42. The lowest BCUT2D eigenvalue weighted by atomic mass is 10.1. The van der Waals surface area contributed by atoms with Gasteiger partial charge in [-0.15, -0.1) is 0 Å². The number of carbonyl (C=O) groups is 3. The highest BCUT2D eigenvalue weighted by atomic mass is 127. The summed E-state index contributed by atoms with van der Waals surface area (Å²) in [6.45, 7) is 5.70. The molecule has 1 saturated heterocycles. The van der Waals surface area contributed by atoms with Gasteiger partial charge in [0, 0.05) is 25.7 Å². The molecular formula is C24H19ClIN3O3. The van der Waals surface area contributed by atoms with E-state index in [0.717, 1.165) is 36.7 Å². The lowest BCUT2D eigenvalue weighted by Crippen LogP contribution is -2.54. The second-order valence-electron chi connectivity index (χ2n) is 7.53. The molecule has 1 aromatic heterocycles. The molecule has 4 amide bonds. The Hall–Kier alpha value is -2.91. The van der Waals surface area contributed by atoms with Gasteiger partial charge < -0.3 is 4.57 Å². The smallest absolute Gasteiger partial charge is 0.318 e. The van der Waals surface area contributed by atoms with Crippen molar-refractivity contribution in [2.75, 3.05) is 4.90 Å². The number of carbonyl (C=O) groups excluding carboxylic acids is 3. The Morgan fingerprint density at radius 3 is 2.25 bits per heavy atom. The van der Waals surface area contributed by atoms with Crippen LogP contribution in [-0.2, 0) is 9.59 Å². The minimum absolute atomic E-state index is 0.121. The summed E-state index contributed by atoms with van der Waals surface area (Å²) in [5.41, 5.74) is 4.52. The zero-order valence-electron chi connectivity index (χ0n) is 17.6. The second-order valence-corrected chi connectivity index (χ2v) is 9.18. The standard InChI is InChI=1S/C24H19ClIN3O3/c1-13-4-7-19(12-21(13)25)29-23(31)20(22(30)27-24(29)32)11-16-10-14(2)28(15(16)3)18-8-5-17(26)6-9-18/h4-12H,1-3H3,(H,27,30,32)/b20-11+. The van der Waals surface area contributed by atoms with Gasteiger partial charge in [-0.05, 0) is 103 Å². The number of anilines is 1. The van der Waals surface area contributed by atoms with E-state index in [0.29, 0.717) is 10.7 Å². The fraction of sp³-hybridized carbons (Fsp3) is 0.125. The van der Waals surface area contributed by atoms with Gasteiger partial charge in [-0.25, -0.2) is 9.69 Å². The van der Waals surface area contributed by atoms with E-state index < -0.39 is 17.8 Å². The molecule has 1 aliphatic rings. The number of nitrogens with zero attached hydrogens (tertiary/aromatic N) is 2. The summed E-state index contributed by atoms with van der Waals surface area (Å²) in [4.78, 5) is 39.1. The summed E-state index contributed by atoms with van der Waals surface area (Å²) in [6.07, 6.45) is 1.53. The van der Waals surface area contributed by atoms with Crippen LogP contribution in [0.4, 0.5) is 10.5 Å². The first kappa shape index (κ1) is 22.3. The number of amides is 4. The number of hydrogen-bond acceptors (Lipinski definition) is 3. The van der Waals surface area contributed by atoms with E-state index in [1.807, 2.05) is 51.1 Å². The van der Waals surface area contributed by atoms with Crippen molar-refractivity contribution in [2.24, 2.45) is 0 Å². The maximum Gasteiger partial charge on any atom is 0.335 e. The Bertz CT molecular complexity index is 1310. The van der Waals surface area contributed by atoms with Crippen molar-refractivity contribution in [2.45, 2.75) is 20.8 Å². The van der Waals surface area contributed by atoms with Gasteiger partial charge in [-0.1, -0.05) is 17.7 Å². The molecule has 0 saturated carbocycles. The number of urea groups is 1. The molecule has 162 valence electrons. The molecule has 1 N–H and O–H groups in total. The van der Waals surface area contributed by atoms with Gasteiger partial charge in [0.1, 0.15) is 5.57 Å². The third-order valence-corrected chi connectivity index (χ3v) is 6.50. The SMILES string of the molecule is Cc1ccc(N2C(=O)NC(=O)/C(=C\c3cc(C)n(-c4ccc(I)cc4)c3C)C2=O)cc1Cl. The molecule has 2 heterocycles. The van der Waals surface area contributed by atoms with Crippen LogP contribution in [0.1, 0.15) is 22.5 Å². The molecule has 0 spiro atoms. The molecule has 0 unspecified atom stereocenters. The van der Waals surface area contributed by atoms with E-state index in [9.17, 15) is 14.4 Å². The number of hydrogen-bond donors (Lipinski definition) is 1. The highest BCUT2D eigenvalue weighted by molar-refractivity contribution is 14.1. The maximum atomic E-state index is 13.2. The van der Waals surface area contributed by atoms with Gasteiger partial charge in [0.05, 0.1) is 5.69 Å². The minimum atomic E-state index is -0.804. The predicted octanol–water partition coefficient (Wildman–Crippen LogP) is 5.33. The number of halogens is 2. The van der Waals surface area contributed by atoms with E-state index in [1.165, 1.54) is 12.1 Å². The first-order valence-electron chi connectivity index (χ1n) is 9.80. The maximum absolute atomic E-state index is 13.2. The molecule has 1 aliphatic heterocycles. The Labute approximate surface area is 204 Å². The molecule has 6 nitrogen and oxygen atoms in total. The Kier molecular flexibility index (Phi) is 5.96. The van der Waals surface area contributed by atoms with E-state index in [-0.39, 0.29) is 5.57 Å². The normalized spacial score (nSPS) is 15.5. The first-order chi connectivity index (χ1) is 15.2. The van der Waals surface area contributed by atoms with E-state index in [2.05, 4.69) is 32.5 Å². The van der Waals surface area contributed by atoms with Gasteiger partial charge >= 0.3 is 6.03 Å². The van der Waals surface area contributed by atoms with Crippen LogP contribution in [0.3, 0.4) is 0 Å². The summed E-state index contributed by atoms with van der Waals surface area (Å²) < 4.78 is 3.18. The molecule has 0 aliphatic carbocycles. The Morgan fingerprint density at radius 1 is 0.938 bits per heavy atom. The first-order valence-corrected chi connectivity index (χ1v) is 11.3. The fourth-order valence-electron chi connectivity index (χ4n) is 3.69. The van der Waals surface area contributed by atoms with Gasteiger partial charge in [-0.3, -0.25) is 14.9 Å². The number of barbiturate groups is 1. The number of imide groups is 2. The van der Waals surface area contributed by atoms with Crippen LogP contribution in [0, 0.1) is 24.3 Å². The summed E-state index contributed by atoms with van der Waals surface area (Å²) in [6, 6.07) is 14.0. The fourth-order valence-corrected chi connectivity index (χ4v) is 4.22. The second kappa shape index (κ2) is 8.55. The molecule has 0 radical (unpaired) electrons. The molecule has 0 atom stereocenters. The average molecular weight is 560 g/mol. The summed E-state index contributed by atoms with van der Waals surface area (Å²) in [5, 5.41) is 2.67. The summed E-state index contributed by atoms with van der Waals surface area (Å²) >= 11 is 8.43. The van der Waals surface area contributed by atoms with Gasteiger partial charge in [0.15, 0.2) is 0 Å². The van der Waals surface area contributed by atoms with Crippen LogP contribution in [0.2, 0.25) is 5.02 Å². The lowest BCUT2D eigenvalue weighted by Gasteiger charge is -2.26. The Morgan fingerprint density at radius 2 is 1.59 bits per heavy atom. The van der Waals surface area contributed by atoms with Gasteiger partial charge in [-0.2, -0.15) is 0 Å². The minimum Gasteiger partial charge on any atom is -0.318 e. The van der Waals surface area contributed by atoms with Crippen molar-refractivity contribution in [3.8, 4) is 5.69 Å². The van der Waals surface area contributed by atoms with Crippen LogP contribution in [0.5, 0.6) is 0 Å². The molecule has 1 fully saturated rings. The van der Waals surface area contributed by atoms with Crippen molar-refractivity contribution in [3.63, 3.8) is 0 Å². The van der Waals surface area contributed by atoms with Gasteiger partial charge in [0.25, 0.3) is 11.8 Å². The number of benzene rings is 2. The highest BCUT2D eigenvalue weighted by Gasteiger charge is 2.37. The van der Waals surface area contributed by atoms with Crippen LogP contribution in [0.25, 0.3) is 11.8 Å². The van der Waals surface area contributed by atoms with Crippen molar-refractivity contribution < 1.29 is 14.4 Å². The average Bonchev–Trinajstić information content (AvgIpc) is 3.01. The topological polar surface area (TPSA) is 71.4 Å². The lowest BCUT2D eigenvalue weighted by molar-refractivity contribution is -0.122. The van der Waals surface area contributed by atoms with Crippen molar-refractivity contribution in [1.82, 2.24) is 9.88 Å². The summed E-state index contributed by atoms with van der Waals surface area (Å²) in [7, 11) is 0. The Balaban J connectivity index is 1.76. The highest BCUT2D eigenvalue weighted by Crippen LogP contribution is 2.28. The third-order valence-electron chi connectivity index (χ3n) is 5.37. The van der Waals surface area contributed by atoms with Crippen LogP contribution < -0.4 is 10.2 Å². The molecular weight excluding hydrogens is 541 g/mol. The van der Waals surface area contributed by atoms with Crippen LogP contribution >= 0.6 is 34.2 Å². The molecule has 32 heavy (non-hydrogen) atoms. The third kappa shape index (κ3) is 3.98. The zero-order valence-corrected chi connectivity index (χ0v) is 20.5. The number of aryl methyl sites for hydroxylation is 2. The van der Waals surface area contributed by atoms with Crippen LogP contribution in [0.15, 0.2) is 54.1 Å². The van der Waals surface area contributed by atoms with E-state index in [1.54, 1.807) is 12.1 Å². The number of nitrogens with one attached hydrogen (secondary N) is 1. The molecule has 8 heteroatoms. The monoisotopic (exact) mass is 559 g/mol. The predicted molar refractivity (Wildman–Crippen MR) is 133 cm³/mol. The van der Waals surface area contributed by atoms with Crippen LogP contribution in [-0.4, -0.2) is 22.4 Å². The van der Waals surface area contributed by atoms with Crippen molar-refractivity contribution in [3.05, 3.63) is 85.2 Å². The molecule has 3 aromatic rings. The zero-order chi connectivity index (χ0) is 23.2. The molecule has 4 rings (SSSR count). The van der Waals surface area contributed by atoms with E-state index in [4.69, 9.17) is 11.6 Å². The number of rotatable bonds is 3. The van der Waals surface area contributed by atoms with Gasteiger partial charge in [0.2, 0.25) is 0 Å².